The van der Waals surface area contributed by atoms with Gasteiger partial charge in [0.1, 0.15) is 5.76 Å². The Morgan fingerprint density at radius 2 is 2.08 bits per heavy atom. The normalized spacial score (nSPS) is 14.5. The summed E-state index contributed by atoms with van der Waals surface area (Å²) in [7, 11) is 0. The Bertz CT molecular complexity index is 714. The van der Waals surface area contributed by atoms with E-state index in [4.69, 9.17) is 28.2 Å². The molecule has 0 spiro atoms. The van der Waals surface area contributed by atoms with Crippen LogP contribution in [-0.4, -0.2) is 41.1 Å². The molecule has 1 fully saturated rings. The van der Waals surface area contributed by atoms with Crippen molar-refractivity contribution in [2.45, 2.75) is 32.7 Å². The quantitative estimate of drug-likeness (QED) is 0.676. The number of thiocarbonyl (C=S) groups is 1. The second kappa shape index (κ2) is 9.40. The van der Waals surface area contributed by atoms with Crippen molar-refractivity contribution in [2.24, 2.45) is 0 Å². The second-order valence-electron chi connectivity index (χ2n) is 6.75. The van der Waals surface area contributed by atoms with Gasteiger partial charge in [-0.1, -0.05) is 17.7 Å². The van der Waals surface area contributed by atoms with Crippen LogP contribution in [-0.2, 0) is 6.54 Å². The number of hydrogen-bond acceptors (Lipinski definition) is 3. The van der Waals surface area contributed by atoms with Gasteiger partial charge in [0.05, 0.1) is 12.8 Å². The lowest BCUT2D eigenvalue weighted by molar-refractivity contribution is 0.298. The summed E-state index contributed by atoms with van der Waals surface area (Å²) in [5, 5.41) is 4.80. The van der Waals surface area contributed by atoms with Crippen molar-refractivity contribution < 1.29 is 4.42 Å². The predicted octanol–water partition coefficient (Wildman–Crippen LogP) is 4.93. The molecule has 2 aromatic rings. The van der Waals surface area contributed by atoms with Crippen LogP contribution in [0.4, 0.5) is 5.69 Å². The molecule has 3 rings (SSSR count). The van der Waals surface area contributed by atoms with Gasteiger partial charge in [0.2, 0.25) is 0 Å². The molecule has 1 aromatic heterocycles. The zero-order valence-corrected chi connectivity index (χ0v) is 16.8. The van der Waals surface area contributed by atoms with Crippen molar-refractivity contribution in [1.29, 1.82) is 0 Å². The Hall–Kier alpha value is -1.56. The first-order valence-corrected chi connectivity index (χ1v) is 9.98. The van der Waals surface area contributed by atoms with Gasteiger partial charge in [-0.15, -0.1) is 0 Å². The Labute approximate surface area is 166 Å². The number of furan rings is 1. The number of nitrogens with one attached hydrogen (secondary N) is 1. The molecule has 1 saturated heterocycles. The monoisotopic (exact) mass is 391 g/mol. The molecular formula is C20H26ClN3OS. The first-order valence-electron chi connectivity index (χ1n) is 9.19. The molecule has 0 aliphatic carbocycles. The van der Waals surface area contributed by atoms with E-state index in [1.807, 2.05) is 37.3 Å². The predicted molar refractivity (Wildman–Crippen MR) is 112 cm³/mol. The van der Waals surface area contributed by atoms with Crippen molar-refractivity contribution in [1.82, 2.24) is 9.80 Å². The summed E-state index contributed by atoms with van der Waals surface area (Å²) in [5.74, 6) is 0.915. The minimum absolute atomic E-state index is 0.665. The lowest BCUT2D eigenvalue weighted by Crippen LogP contribution is -2.36. The van der Waals surface area contributed by atoms with Gasteiger partial charge in [0.25, 0.3) is 0 Å². The van der Waals surface area contributed by atoms with Crippen molar-refractivity contribution >= 4 is 34.6 Å². The molecule has 0 radical (unpaired) electrons. The summed E-state index contributed by atoms with van der Waals surface area (Å²) in [6, 6.07) is 9.73. The fraction of sp³-hybridized carbons (Fsp3) is 0.450. The summed E-state index contributed by atoms with van der Waals surface area (Å²) < 4.78 is 5.53. The number of hydrogen-bond donors (Lipinski definition) is 1. The SMILES string of the molecule is Cc1c(Cl)cccc1NC(=S)N(CCCN1CCCC1)Cc1ccco1. The fourth-order valence-electron chi connectivity index (χ4n) is 3.27. The molecule has 4 nitrogen and oxygen atoms in total. The van der Waals surface area contributed by atoms with Gasteiger partial charge in [-0.25, -0.2) is 0 Å². The van der Waals surface area contributed by atoms with E-state index >= 15 is 0 Å². The summed E-state index contributed by atoms with van der Waals surface area (Å²) >= 11 is 11.9. The Balaban J connectivity index is 1.62. The van der Waals surface area contributed by atoms with E-state index in [9.17, 15) is 0 Å². The number of likely N-dealkylation sites (tertiary alicyclic amines) is 1. The molecule has 1 aliphatic heterocycles. The van der Waals surface area contributed by atoms with Crippen molar-refractivity contribution in [2.75, 3.05) is 31.5 Å². The summed E-state index contributed by atoms with van der Waals surface area (Å²) in [5.41, 5.74) is 1.96. The summed E-state index contributed by atoms with van der Waals surface area (Å²) in [4.78, 5) is 4.70. The molecule has 1 N–H and O–H groups in total. The van der Waals surface area contributed by atoms with Gasteiger partial charge < -0.3 is 19.5 Å². The molecular weight excluding hydrogens is 366 g/mol. The maximum Gasteiger partial charge on any atom is 0.173 e. The van der Waals surface area contributed by atoms with E-state index in [1.165, 1.54) is 25.9 Å². The Morgan fingerprint density at radius 1 is 1.27 bits per heavy atom. The minimum atomic E-state index is 0.665. The van der Waals surface area contributed by atoms with Gasteiger partial charge in [0.15, 0.2) is 5.11 Å². The highest BCUT2D eigenvalue weighted by molar-refractivity contribution is 7.80. The van der Waals surface area contributed by atoms with Crippen LogP contribution in [0.1, 0.15) is 30.6 Å². The van der Waals surface area contributed by atoms with Crippen molar-refractivity contribution in [3.63, 3.8) is 0 Å². The van der Waals surface area contributed by atoms with E-state index in [-0.39, 0.29) is 0 Å². The van der Waals surface area contributed by atoms with E-state index in [0.29, 0.717) is 11.7 Å². The van der Waals surface area contributed by atoms with Crippen LogP contribution in [0.15, 0.2) is 41.0 Å². The van der Waals surface area contributed by atoms with E-state index in [2.05, 4.69) is 15.1 Å². The molecule has 1 aliphatic rings. The van der Waals surface area contributed by atoms with Crippen molar-refractivity contribution in [3.05, 3.63) is 52.9 Å². The maximum atomic E-state index is 6.23. The fourth-order valence-corrected chi connectivity index (χ4v) is 3.71. The first-order chi connectivity index (χ1) is 12.6. The zero-order valence-electron chi connectivity index (χ0n) is 15.2. The average Bonchev–Trinajstić information content (AvgIpc) is 3.32. The Kier molecular flexibility index (Phi) is 6.94. The molecule has 6 heteroatoms. The number of nitrogens with zero attached hydrogens (tertiary/aromatic N) is 2. The highest BCUT2D eigenvalue weighted by Crippen LogP contribution is 2.23. The molecule has 1 aromatic carbocycles. The number of benzene rings is 1. The number of rotatable bonds is 7. The Morgan fingerprint density at radius 3 is 2.81 bits per heavy atom. The molecule has 0 bridgehead atoms. The summed E-state index contributed by atoms with van der Waals surface area (Å²) in [6.07, 6.45) is 5.43. The van der Waals surface area contributed by atoms with Crippen LogP contribution < -0.4 is 5.32 Å². The average molecular weight is 392 g/mol. The standard InChI is InChI=1S/C20H26ClN3OS/c1-16-18(21)8-4-9-19(16)22-20(26)24(15-17-7-5-14-25-17)13-6-12-23-10-2-3-11-23/h4-5,7-9,14H,2-3,6,10-13,15H2,1H3,(H,22,26). The highest BCUT2D eigenvalue weighted by Gasteiger charge is 2.16. The lowest BCUT2D eigenvalue weighted by atomic mass is 10.2. The van der Waals surface area contributed by atoms with Crippen LogP contribution in [0.25, 0.3) is 0 Å². The second-order valence-corrected chi connectivity index (χ2v) is 7.54. The van der Waals surface area contributed by atoms with Crippen LogP contribution in [0.5, 0.6) is 0 Å². The van der Waals surface area contributed by atoms with Crippen LogP contribution >= 0.6 is 23.8 Å². The molecule has 2 heterocycles. The van der Waals surface area contributed by atoms with Gasteiger partial charge in [-0.3, -0.25) is 0 Å². The number of anilines is 1. The third-order valence-electron chi connectivity index (χ3n) is 4.82. The largest absolute Gasteiger partial charge is 0.467 e. The van der Waals surface area contributed by atoms with Gasteiger partial charge in [-0.2, -0.15) is 0 Å². The van der Waals surface area contributed by atoms with Gasteiger partial charge >= 0.3 is 0 Å². The van der Waals surface area contributed by atoms with Crippen LogP contribution in [0, 0.1) is 6.92 Å². The minimum Gasteiger partial charge on any atom is -0.467 e. The first kappa shape index (κ1) is 19.2. The molecule has 0 unspecified atom stereocenters. The topological polar surface area (TPSA) is 31.6 Å². The van der Waals surface area contributed by atoms with Gasteiger partial charge in [-0.05, 0) is 87.9 Å². The molecule has 26 heavy (non-hydrogen) atoms. The molecule has 0 saturated carbocycles. The van der Waals surface area contributed by atoms with E-state index in [0.717, 1.165) is 41.5 Å². The van der Waals surface area contributed by atoms with Crippen LogP contribution in [0.3, 0.4) is 0 Å². The molecule has 0 atom stereocenters. The lowest BCUT2D eigenvalue weighted by Gasteiger charge is -2.26. The smallest absolute Gasteiger partial charge is 0.173 e. The highest BCUT2D eigenvalue weighted by atomic mass is 35.5. The zero-order chi connectivity index (χ0) is 18.4. The van der Waals surface area contributed by atoms with Gasteiger partial charge in [0, 0.05) is 17.3 Å². The molecule has 140 valence electrons. The number of halogens is 1. The van der Waals surface area contributed by atoms with E-state index in [1.54, 1.807) is 6.26 Å². The van der Waals surface area contributed by atoms with Crippen molar-refractivity contribution in [3.8, 4) is 0 Å². The van der Waals surface area contributed by atoms with E-state index < -0.39 is 0 Å². The molecule has 0 amide bonds. The third-order valence-corrected chi connectivity index (χ3v) is 5.59. The third kappa shape index (κ3) is 5.22. The maximum absolute atomic E-state index is 6.23. The van der Waals surface area contributed by atoms with Crippen LogP contribution in [0.2, 0.25) is 5.02 Å². The summed E-state index contributed by atoms with van der Waals surface area (Å²) in [6.45, 7) is 7.12.